The zero-order valence-electron chi connectivity index (χ0n) is 35.2. The molecule has 0 saturated heterocycles. The molecular formula is C48H67N3O5. The van der Waals surface area contributed by atoms with Gasteiger partial charge in [0.2, 0.25) is 5.91 Å². The summed E-state index contributed by atoms with van der Waals surface area (Å²) in [5.74, 6) is -1.32. The number of hydrogen-bond donors (Lipinski definition) is 1. The van der Waals surface area contributed by atoms with Crippen LogP contribution >= 0.6 is 0 Å². The molecule has 304 valence electrons. The molecule has 1 N–H and O–H groups in total. The van der Waals surface area contributed by atoms with Gasteiger partial charge in [0, 0.05) is 18.4 Å². The highest BCUT2D eigenvalue weighted by atomic mass is 16.5. The maximum atomic E-state index is 12.5. The zero-order valence-corrected chi connectivity index (χ0v) is 35.2. The van der Waals surface area contributed by atoms with E-state index in [1.54, 1.807) is 36.4 Å². The predicted molar refractivity (Wildman–Crippen MR) is 233 cm³/mol. The van der Waals surface area contributed by atoms with E-state index in [1.165, 1.54) is 25.5 Å². The summed E-state index contributed by atoms with van der Waals surface area (Å²) in [6, 6.07) is 11.0. The highest BCUT2D eigenvalue weighted by Crippen LogP contribution is 2.27. The van der Waals surface area contributed by atoms with Crippen molar-refractivity contribution in [3.05, 3.63) is 120 Å². The normalized spacial score (nSPS) is 10.9. The molecule has 2 aromatic carbocycles. The summed E-state index contributed by atoms with van der Waals surface area (Å²) in [7, 11) is 0. The molecule has 0 radical (unpaired) electrons. The lowest BCUT2D eigenvalue weighted by atomic mass is 10.1. The average Bonchev–Trinajstić information content (AvgIpc) is 3.19. The van der Waals surface area contributed by atoms with Crippen LogP contribution in [-0.2, 0) is 9.59 Å². The molecule has 2 rings (SSSR count). The highest BCUT2D eigenvalue weighted by molar-refractivity contribution is 6.04. The third-order valence-corrected chi connectivity index (χ3v) is 7.44. The molecule has 0 atom stereocenters. The standard InChI is InChI=1S/C43H53N3O5.C3H8.C2H6/c1-4-6-8-10-11-12-13-14-15-16-17-18-19-20-21-23-25-27-42(49)51-40-33-32-38(34-39(40)35(3)47)46-45-37-30-28-36(29-31-37)43(50)44-41(48)26-24-22-9-7-5-2;1-3-2;1-2/h6,8,11-12,14-15,17-18,20,23,28-34H,4-5,7,9-10,13,16,19,22,24-27H2,1-3H3,(H,44,48,50);3H2,1-2H3;1-2H3/b8-6-,12-11-,15-14-,18-17-,46-45?;;. The van der Waals surface area contributed by atoms with E-state index in [2.05, 4.69) is 97.6 Å². The van der Waals surface area contributed by atoms with E-state index in [-0.39, 0.29) is 29.4 Å². The van der Waals surface area contributed by atoms with E-state index >= 15 is 0 Å². The number of benzene rings is 2. The number of hydrogen-bond acceptors (Lipinski definition) is 7. The van der Waals surface area contributed by atoms with Gasteiger partial charge in [-0.3, -0.25) is 24.5 Å². The summed E-state index contributed by atoms with van der Waals surface area (Å²) in [4.78, 5) is 49.3. The molecule has 0 bridgehead atoms. The summed E-state index contributed by atoms with van der Waals surface area (Å²) in [6.07, 6.45) is 32.8. The average molecular weight is 766 g/mol. The van der Waals surface area contributed by atoms with Gasteiger partial charge in [0.1, 0.15) is 5.75 Å². The van der Waals surface area contributed by atoms with Crippen LogP contribution in [0.5, 0.6) is 5.75 Å². The van der Waals surface area contributed by atoms with Crippen LogP contribution < -0.4 is 10.1 Å². The summed E-state index contributed by atoms with van der Waals surface area (Å²) >= 11 is 0. The Kier molecular flexibility index (Phi) is 32.2. The van der Waals surface area contributed by atoms with Crippen molar-refractivity contribution in [1.82, 2.24) is 5.32 Å². The van der Waals surface area contributed by atoms with Crippen molar-refractivity contribution in [3.8, 4) is 5.75 Å². The fourth-order valence-electron chi connectivity index (χ4n) is 4.63. The van der Waals surface area contributed by atoms with Crippen molar-refractivity contribution in [3.63, 3.8) is 0 Å². The fourth-order valence-corrected chi connectivity index (χ4v) is 4.63. The largest absolute Gasteiger partial charge is 0.426 e. The molecule has 0 heterocycles. The lowest BCUT2D eigenvalue weighted by molar-refractivity contribution is -0.134. The molecule has 0 spiro atoms. The quantitative estimate of drug-likeness (QED) is 0.0230. The van der Waals surface area contributed by atoms with Crippen LogP contribution in [0.1, 0.15) is 159 Å². The number of carbonyl (C=O) groups excluding carboxylic acids is 4. The number of Topliss-reactive ketones (excluding diaryl/α,β-unsaturated/α-hetero) is 1. The molecule has 0 aliphatic heterocycles. The van der Waals surface area contributed by atoms with Crippen molar-refractivity contribution in [1.29, 1.82) is 0 Å². The molecule has 0 aliphatic rings. The zero-order chi connectivity index (χ0) is 41.7. The van der Waals surface area contributed by atoms with Crippen LogP contribution in [0.2, 0.25) is 0 Å². The molecule has 0 aliphatic carbocycles. The van der Waals surface area contributed by atoms with Gasteiger partial charge in [-0.1, -0.05) is 122 Å². The van der Waals surface area contributed by atoms with E-state index in [9.17, 15) is 19.2 Å². The Labute approximate surface area is 337 Å². The molecule has 0 fully saturated rings. The molecule has 2 aromatic rings. The van der Waals surface area contributed by atoms with Crippen LogP contribution in [0.15, 0.2) is 119 Å². The van der Waals surface area contributed by atoms with Crippen LogP contribution in [0.3, 0.4) is 0 Å². The monoisotopic (exact) mass is 766 g/mol. The van der Waals surface area contributed by atoms with E-state index in [0.717, 1.165) is 64.2 Å². The Morgan fingerprint density at radius 1 is 0.679 bits per heavy atom. The molecule has 0 saturated carbocycles. The van der Waals surface area contributed by atoms with Crippen molar-refractivity contribution in [2.24, 2.45) is 10.2 Å². The first-order chi connectivity index (χ1) is 27.2. The first kappa shape index (κ1) is 50.8. The first-order valence-corrected chi connectivity index (χ1v) is 20.5. The number of ether oxygens (including phenoxy) is 1. The number of rotatable bonds is 23. The van der Waals surface area contributed by atoms with E-state index in [1.807, 2.05) is 19.9 Å². The second-order valence-corrected chi connectivity index (χ2v) is 12.6. The lowest BCUT2D eigenvalue weighted by Gasteiger charge is -2.08. The molecular weight excluding hydrogens is 699 g/mol. The fraction of sp³-hybridized carbons (Fsp3) is 0.438. The molecule has 0 unspecified atom stereocenters. The predicted octanol–water partition coefficient (Wildman–Crippen LogP) is 14.0. The van der Waals surface area contributed by atoms with Gasteiger partial charge in [0.25, 0.3) is 5.91 Å². The molecule has 8 heteroatoms. The van der Waals surface area contributed by atoms with Gasteiger partial charge < -0.3 is 4.74 Å². The van der Waals surface area contributed by atoms with Gasteiger partial charge in [0.15, 0.2) is 5.78 Å². The first-order valence-electron chi connectivity index (χ1n) is 20.5. The van der Waals surface area contributed by atoms with Gasteiger partial charge in [-0.25, -0.2) is 0 Å². The minimum Gasteiger partial charge on any atom is -0.426 e. The maximum Gasteiger partial charge on any atom is 0.311 e. The molecule has 8 nitrogen and oxygen atoms in total. The number of nitrogens with one attached hydrogen (secondary N) is 1. The highest BCUT2D eigenvalue weighted by Gasteiger charge is 2.14. The number of unbranched alkanes of at least 4 members (excludes halogenated alkanes) is 4. The summed E-state index contributed by atoms with van der Waals surface area (Å²) in [5.41, 5.74) is 4.52. The topological polar surface area (TPSA) is 114 Å². The maximum absolute atomic E-state index is 12.5. The number of imide groups is 1. The van der Waals surface area contributed by atoms with Crippen molar-refractivity contribution < 1.29 is 23.9 Å². The number of carbonyl (C=O) groups is 4. The SMILES string of the molecule is CC.CC/C=C\C/C=C\C/C=C\C/C=C\CC=C=CCCC(=O)Oc1ccc(N=Nc2ccc(C(=O)NC(=O)CCCCCCC)cc2)cc1C(C)=O.CCC. The lowest BCUT2D eigenvalue weighted by Crippen LogP contribution is -2.30. The molecule has 2 amide bonds. The Balaban J connectivity index is 0.00000575. The van der Waals surface area contributed by atoms with Gasteiger partial charge in [-0.2, -0.15) is 10.2 Å². The minimum absolute atomic E-state index is 0.144. The van der Waals surface area contributed by atoms with E-state index in [4.69, 9.17) is 4.74 Å². The van der Waals surface area contributed by atoms with Crippen LogP contribution in [0, 0.1) is 0 Å². The number of allylic oxidation sites excluding steroid dienone is 9. The summed E-state index contributed by atoms with van der Waals surface area (Å²) in [5, 5.41) is 10.8. The van der Waals surface area contributed by atoms with Crippen molar-refractivity contribution in [2.75, 3.05) is 0 Å². The van der Waals surface area contributed by atoms with Crippen LogP contribution in [-0.4, -0.2) is 23.6 Å². The van der Waals surface area contributed by atoms with E-state index in [0.29, 0.717) is 29.8 Å². The Bertz CT molecular complexity index is 1620. The second-order valence-electron chi connectivity index (χ2n) is 12.6. The smallest absolute Gasteiger partial charge is 0.311 e. The number of ketones is 1. The molecule has 56 heavy (non-hydrogen) atoms. The number of esters is 1. The van der Waals surface area contributed by atoms with Crippen LogP contribution in [0.4, 0.5) is 11.4 Å². The Morgan fingerprint density at radius 2 is 1.23 bits per heavy atom. The number of amides is 2. The van der Waals surface area contributed by atoms with Gasteiger partial charge in [-0.15, -0.1) is 5.73 Å². The Hall–Kier alpha value is -5.20. The van der Waals surface area contributed by atoms with Crippen molar-refractivity contribution >= 4 is 34.9 Å². The third kappa shape index (κ3) is 26.6. The summed E-state index contributed by atoms with van der Waals surface area (Å²) < 4.78 is 5.48. The van der Waals surface area contributed by atoms with Crippen LogP contribution in [0.25, 0.3) is 0 Å². The summed E-state index contributed by atoms with van der Waals surface area (Å²) in [6.45, 7) is 13.9. The number of azo groups is 1. The van der Waals surface area contributed by atoms with Crippen molar-refractivity contribution in [2.45, 2.75) is 138 Å². The second kappa shape index (κ2) is 35.5. The molecule has 0 aromatic heterocycles. The number of nitrogens with zero attached hydrogens (tertiary/aromatic N) is 2. The van der Waals surface area contributed by atoms with Gasteiger partial charge in [0.05, 0.1) is 16.9 Å². The Morgan fingerprint density at radius 3 is 1.82 bits per heavy atom. The minimum atomic E-state index is -0.460. The van der Waals surface area contributed by atoms with E-state index < -0.39 is 11.9 Å². The third-order valence-electron chi connectivity index (χ3n) is 7.44. The van der Waals surface area contributed by atoms with Gasteiger partial charge in [-0.05, 0) is 106 Å². The van der Waals surface area contributed by atoms with Gasteiger partial charge >= 0.3 is 5.97 Å².